The molecule has 0 spiro atoms. The van der Waals surface area contributed by atoms with Gasteiger partial charge < -0.3 is 24.3 Å². The van der Waals surface area contributed by atoms with Gasteiger partial charge in [0.1, 0.15) is 24.1 Å². The number of ether oxygens (including phenoxy) is 4. The van der Waals surface area contributed by atoms with Gasteiger partial charge in [0.25, 0.3) is 0 Å². The number of aromatic nitrogens is 1. The number of anilines is 1. The van der Waals surface area contributed by atoms with Crippen molar-refractivity contribution in [1.82, 2.24) is 4.98 Å². The molecule has 1 saturated heterocycles. The summed E-state index contributed by atoms with van der Waals surface area (Å²) in [6, 6.07) is 1.56. The lowest BCUT2D eigenvalue weighted by Crippen LogP contribution is -2.59. The molecule has 0 aromatic carbocycles. The van der Waals surface area contributed by atoms with E-state index in [4.69, 9.17) is 18.9 Å². The van der Waals surface area contributed by atoms with Crippen LogP contribution in [0.15, 0.2) is 18.3 Å². The Labute approximate surface area is 195 Å². The quantitative estimate of drug-likeness (QED) is 0.339. The first-order valence-electron chi connectivity index (χ1n) is 12.1. The third-order valence-corrected chi connectivity index (χ3v) is 5.54. The monoisotopic (exact) mass is 476 g/mol. The van der Waals surface area contributed by atoms with Crippen molar-refractivity contribution in [1.29, 1.82) is 0 Å². The van der Waals surface area contributed by atoms with Crippen molar-refractivity contribution in [3.63, 3.8) is 0 Å². The van der Waals surface area contributed by atoms with E-state index in [0.29, 0.717) is 26.4 Å². The Morgan fingerprint density at radius 2 is 1.64 bits per heavy atom. The van der Waals surface area contributed by atoms with Crippen molar-refractivity contribution in [3.05, 3.63) is 23.9 Å². The summed E-state index contributed by atoms with van der Waals surface area (Å²) in [5.41, 5.74) is -0.752. The summed E-state index contributed by atoms with van der Waals surface area (Å²) in [6.07, 6.45) is 1.36. The second kappa shape index (κ2) is 14.8. The summed E-state index contributed by atoms with van der Waals surface area (Å²) in [6.45, 7) is 8.65. The van der Waals surface area contributed by atoms with Gasteiger partial charge in [0.15, 0.2) is 0 Å². The fraction of sp³-hybridized carbons (Fsp3) is 0.792. The lowest BCUT2D eigenvalue weighted by atomic mass is 9.97. The smallest absolute Gasteiger partial charge is 0.379 e. The van der Waals surface area contributed by atoms with Crippen molar-refractivity contribution in [2.45, 2.75) is 89.8 Å². The average molecular weight is 477 g/mol. The number of hydrogen-bond acceptors (Lipinski definition) is 6. The molecule has 33 heavy (non-hydrogen) atoms. The summed E-state index contributed by atoms with van der Waals surface area (Å²) in [5.74, 6) is 0.132. The normalized spacial score (nSPS) is 23.6. The van der Waals surface area contributed by atoms with Crippen LogP contribution in [0.3, 0.4) is 0 Å². The fourth-order valence-electron chi connectivity index (χ4n) is 3.59. The van der Waals surface area contributed by atoms with Gasteiger partial charge in [-0.2, -0.15) is 13.2 Å². The molecule has 0 aliphatic carbocycles. The highest BCUT2D eigenvalue weighted by Crippen LogP contribution is 2.31. The van der Waals surface area contributed by atoms with E-state index in [1.807, 2.05) is 0 Å². The van der Waals surface area contributed by atoms with Crippen LogP contribution >= 0.6 is 0 Å². The van der Waals surface area contributed by atoms with Crippen LogP contribution in [0.4, 0.5) is 19.0 Å². The number of pyridine rings is 1. The summed E-state index contributed by atoms with van der Waals surface area (Å²) in [4.78, 5) is 4.08. The van der Waals surface area contributed by atoms with Gasteiger partial charge >= 0.3 is 6.18 Å². The largest absolute Gasteiger partial charge is 0.416 e. The summed E-state index contributed by atoms with van der Waals surface area (Å²) < 4.78 is 63.8. The number of nitrogens with one attached hydrogen (secondary N) is 1. The van der Waals surface area contributed by atoms with E-state index in [2.05, 4.69) is 31.1 Å². The average Bonchev–Trinajstić information content (AvgIpc) is 2.79. The predicted molar refractivity (Wildman–Crippen MR) is 121 cm³/mol. The zero-order valence-electron chi connectivity index (χ0n) is 20.0. The van der Waals surface area contributed by atoms with E-state index < -0.39 is 30.0 Å². The first kappa shape index (κ1) is 27.8. The molecule has 1 aromatic rings. The SMILES string of the molecule is CCCCOC[C@H]1OC[C@H](Nc2cc(C(F)(F)F)ccn2)[C@@H](OCCCC)[C@H]1OCCCC. The molecule has 6 nitrogen and oxygen atoms in total. The molecule has 1 fully saturated rings. The second-order valence-electron chi connectivity index (χ2n) is 8.36. The van der Waals surface area contributed by atoms with Crippen LogP contribution in [-0.4, -0.2) is 62.4 Å². The maximum atomic E-state index is 13.1. The number of hydrogen-bond donors (Lipinski definition) is 1. The maximum absolute atomic E-state index is 13.1. The number of halogens is 3. The number of nitrogens with zero attached hydrogens (tertiary/aromatic N) is 1. The van der Waals surface area contributed by atoms with E-state index in [1.54, 1.807) is 0 Å². The molecule has 1 aliphatic heterocycles. The zero-order chi connectivity index (χ0) is 24.1. The van der Waals surface area contributed by atoms with E-state index in [0.717, 1.165) is 56.9 Å². The van der Waals surface area contributed by atoms with E-state index in [1.165, 1.54) is 0 Å². The highest BCUT2D eigenvalue weighted by atomic mass is 19.4. The maximum Gasteiger partial charge on any atom is 0.416 e. The molecule has 0 unspecified atom stereocenters. The van der Waals surface area contributed by atoms with Crippen LogP contribution in [-0.2, 0) is 25.1 Å². The van der Waals surface area contributed by atoms with E-state index in [9.17, 15) is 13.2 Å². The van der Waals surface area contributed by atoms with Gasteiger partial charge in [-0.05, 0) is 31.4 Å². The first-order valence-corrected chi connectivity index (χ1v) is 12.1. The van der Waals surface area contributed by atoms with Crippen LogP contribution in [0.25, 0.3) is 0 Å². The van der Waals surface area contributed by atoms with Crippen molar-refractivity contribution in [2.75, 3.05) is 38.4 Å². The van der Waals surface area contributed by atoms with Crippen molar-refractivity contribution < 1.29 is 32.1 Å². The van der Waals surface area contributed by atoms with Gasteiger partial charge in [-0.25, -0.2) is 4.98 Å². The lowest BCUT2D eigenvalue weighted by molar-refractivity contribution is -0.194. The first-order chi connectivity index (χ1) is 15.9. The molecule has 1 aromatic heterocycles. The molecule has 190 valence electrons. The zero-order valence-corrected chi connectivity index (χ0v) is 20.0. The Bertz CT molecular complexity index is 663. The van der Waals surface area contributed by atoms with Gasteiger partial charge in [0, 0.05) is 26.0 Å². The summed E-state index contributed by atoms with van der Waals surface area (Å²) in [5, 5.41) is 3.11. The third-order valence-electron chi connectivity index (χ3n) is 5.54. The summed E-state index contributed by atoms with van der Waals surface area (Å²) in [7, 11) is 0. The van der Waals surface area contributed by atoms with Crippen molar-refractivity contribution in [3.8, 4) is 0 Å². The Hall–Kier alpha value is -1.42. The minimum atomic E-state index is -4.44. The molecule has 0 radical (unpaired) electrons. The standard InChI is InChI=1S/C24H39F3N2O4/c1-4-7-12-30-17-20-23(32-14-9-6-3)22(31-13-8-5-2)19(16-33-20)29-21-15-18(10-11-28-21)24(25,26)27/h10-11,15,19-20,22-23H,4-9,12-14,16-17H2,1-3H3,(H,28,29)/t19-,20+,22+,23-/m0/s1. The highest BCUT2D eigenvalue weighted by molar-refractivity contribution is 5.40. The van der Waals surface area contributed by atoms with Gasteiger partial charge in [-0.15, -0.1) is 0 Å². The number of alkyl halides is 3. The highest BCUT2D eigenvalue weighted by Gasteiger charge is 2.42. The van der Waals surface area contributed by atoms with Crippen LogP contribution < -0.4 is 5.32 Å². The summed E-state index contributed by atoms with van der Waals surface area (Å²) >= 11 is 0. The topological polar surface area (TPSA) is 61.8 Å². The molecule has 1 aliphatic rings. The number of unbranched alkanes of at least 4 members (excludes halogenated alkanes) is 3. The van der Waals surface area contributed by atoms with Gasteiger partial charge in [-0.3, -0.25) is 0 Å². The second-order valence-corrected chi connectivity index (χ2v) is 8.36. The molecule has 1 N–H and O–H groups in total. The molecular weight excluding hydrogens is 437 g/mol. The molecular formula is C24H39F3N2O4. The lowest BCUT2D eigenvalue weighted by Gasteiger charge is -2.42. The minimum absolute atomic E-state index is 0.132. The van der Waals surface area contributed by atoms with E-state index in [-0.39, 0.29) is 18.5 Å². The van der Waals surface area contributed by atoms with Crippen LogP contribution in [0.1, 0.15) is 64.9 Å². The van der Waals surface area contributed by atoms with Gasteiger partial charge in [-0.1, -0.05) is 40.0 Å². The Morgan fingerprint density at radius 3 is 2.27 bits per heavy atom. The fourth-order valence-corrected chi connectivity index (χ4v) is 3.59. The molecule has 0 bridgehead atoms. The van der Waals surface area contributed by atoms with Crippen LogP contribution in [0.5, 0.6) is 0 Å². The molecule has 9 heteroatoms. The van der Waals surface area contributed by atoms with Gasteiger partial charge in [0.05, 0.1) is 24.8 Å². The minimum Gasteiger partial charge on any atom is -0.379 e. The number of rotatable bonds is 15. The van der Waals surface area contributed by atoms with Crippen LogP contribution in [0.2, 0.25) is 0 Å². The van der Waals surface area contributed by atoms with Crippen molar-refractivity contribution >= 4 is 5.82 Å². The molecule has 2 rings (SSSR count). The third kappa shape index (κ3) is 9.39. The Balaban J connectivity index is 2.18. The molecule has 4 atom stereocenters. The molecule has 2 heterocycles. The van der Waals surface area contributed by atoms with Crippen molar-refractivity contribution in [2.24, 2.45) is 0 Å². The Morgan fingerprint density at radius 1 is 1.00 bits per heavy atom. The van der Waals surface area contributed by atoms with E-state index >= 15 is 0 Å². The predicted octanol–water partition coefficient (Wildman–Crippen LogP) is 5.47. The molecule has 0 amide bonds. The van der Waals surface area contributed by atoms with Gasteiger partial charge in [0.2, 0.25) is 0 Å². The Kier molecular flexibility index (Phi) is 12.4. The molecule has 0 saturated carbocycles. The van der Waals surface area contributed by atoms with Crippen LogP contribution in [0, 0.1) is 0 Å².